The van der Waals surface area contributed by atoms with E-state index < -0.39 is 35.5 Å². The van der Waals surface area contributed by atoms with Crippen LogP contribution in [0.3, 0.4) is 0 Å². The van der Waals surface area contributed by atoms with Crippen molar-refractivity contribution in [1.29, 1.82) is 0 Å². The first kappa shape index (κ1) is 27.0. The van der Waals surface area contributed by atoms with Crippen molar-refractivity contribution in [2.75, 3.05) is 6.54 Å². The zero-order valence-corrected chi connectivity index (χ0v) is 22.2. The van der Waals surface area contributed by atoms with Gasteiger partial charge < -0.3 is 20.5 Å². The summed E-state index contributed by atoms with van der Waals surface area (Å²) < 4.78 is 33.9. The van der Waals surface area contributed by atoms with Crippen molar-refractivity contribution in [3.63, 3.8) is 0 Å². The zero-order valence-electron chi connectivity index (χ0n) is 19.8. The van der Waals surface area contributed by atoms with E-state index in [0.717, 1.165) is 36.2 Å². The average Bonchev–Trinajstić information content (AvgIpc) is 3.17. The fourth-order valence-electron chi connectivity index (χ4n) is 4.40. The zero-order chi connectivity index (χ0) is 24.9. The van der Waals surface area contributed by atoms with Crippen LogP contribution >= 0.6 is 27.3 Å². The Morgan fingerprint density at radius 3 is 2.38 bits per heavy atom. The lowest BCUT2D eigenvalue weighted by Crippen LogP contribution is -2.53. The van der Waals surface area contributed by atoms with Gasteiger partial charge in [0.1, 0.15) is 17.2 Å². The van der Waals surface area contributed by atoms with Crippen LogP contribution < -0.4 is 10.6 Å². The molecular weight excluding hydrogens is 526 g/mol. The van der Waals surface area contributed by atoms with Crippen molar-refractivity contribution in [2.24, 2.45) is 0 Å². The van der Waals surface area contributed by atoms with Gasteiger partial charge in [-0.25, -0.2) is 13.6 Å². The summed E-state index contributed by atoms with van der Waals surface area (Å²) in [6.07, 6.45) is 3.59. The van der Waals surface area contributed by atoms with E-state index in [0.29, 0.717) is 5.56 Å². The first-order chi connectivity index (χ1) is 16.0. The van der Waals surface area contributed by atoms with Crippen LogP contribution in [0, 0.1) is 11.6 Å². The molecule has 188 valence electrons. The number of carbonyl (C=O) groups is 1. The first-order valence-electron chi connectivity index (χ1n) is 11.6. The number of amides is 1. The third-order valence-corrected chi connectivity index (χ3v) is 7.84. The molecule has 1 fully saturated rings. The van der Waals surface area contributed by atoms with Gasteiger partial charge in [-0.1, -0.05) is 19.3 Å². The molecule has 0 aliphatic heterocycles. The van der Waals surface area contributed by atoms with Crippen molar-refractivity contribution in [2.45, 2.75) is 82.6 Å². The van der Waals surface area contributed by atoms with Crippen LogP contribution in [-0.4, -0.2) is 35.5 Å². The molecule has 1 aromatic carbocycles. The monoisotopic (exact) mass is 558 g/mol. The van der Waals surface area contributed by atoms with Crippen molar-refractivity contribution >= 4 is 33.4 Å². The number of hydrogen-bond donors (Lipinski definition) is 3. The second-order valence-electron chi connectivity index (χ2n) is 9.95. The van der Waals surface area contributed by atoms with E-state index in [9.17, 15) is 18.7 Å². The molecule has 2 aromatic rings. The van der Waals surface area contributed by atoms with Gasteiger partial charge in [-0.3, -0.25) is 0 Å². The lowest BCUT2D eigenvalue weighted by Gasteiger charge is -2.39. The Labute approximate surface area is 212 Å². The van der Waals surface area contributed by atoms with E-state index in [1.807, 2.05) is 0 Å². The number of benzene rings is 1. The molecule has 0 bridgehead atoms. The number of aliphatic hydroxyl groups is 1. The van der Waals surface area contributed by atoms with Gasteiger partial charge in [0.05, 0.1) is 17.7 Å². The number of hydrogen-bond acceptors (Lipinski definition) is 5. The SMILES string of the molecule is CC(C)(C)OC(=O)NC(Cc1cc(F)cc(F)c1)C(O)CNC1(c2cc(Br)cs2)CCCCC1. The highest BCUT2D eigenvalue weighted by molar-refractivity contribution is 9.10. The number of ether oxygens (including phenoxy) is 1. The number of nitrogens with one attached hydrogen (secondary N) is 2. The Hall–Kier alpha value is -1.55. The lowest BCUT2D eigenvalue weighted by atomic mass is 9.80. The number of halogens is 3. The highest BCUT2D eigenvalue weighted by atomic mass is 79.9. The summed E-state index contributed by atoms with van der Waals surface area (Å²) in [6, 6.07) is 4.52. The largest absolute Gasteiger partial charge is 0.444 e. The van der Waals surface area contributed by atoms with E-state index in [-0.39, 0.29) is 18.5 Å². The van der Waals surface area contributed by atoms with Crippen LogP contribution in [0.4, 0.5) is 13.6 Å². The number of rotatable bonds is 8. The van der Waals surface area contributed by atoms with Crippen molar-refractivity contribution in [3.05, 3.63) is 56.2 Å². The molecule has 5 nitrogen and oxygen atoms in total. The minimum absolute atomic E-state index is 0.0499. The summed E-state index contributed by atoms with van der Waals surface area (Å²) in [5.74, 6) is -1.41. The van der Waals surface area contributed by atoms with E-state index >= 15 is 0 Å². The van der Waals surface area contributed by atoms with Crippen molar-refractivity contribution < 1.29 is 23.4 Å². The molecule has 1 aliphatic carbocycles. The number of aliphatic hydroxyl groups excluding tert-OH is 1. The molecule has 0 spiro atoms. The van der Waals surface area contributed by atoms with Gasteiger partial charge in [-0.05, 0) is 79.7 Å². The third kappa shape index (κ3) is 7.73. The van der Waals surface area contributed by atoms with Gasteiger partial charge >= 0.3 is 6.09 Å². The minimum atomic E-state index is -1.01. The van der Waals surface area contributed by atoms with Crippen LogP contribution in [-0.2, 0) is 16.7 Å². The van der Waals surface area contributed by atoms with Crippen molar-refractivity contribution in [3.8, 4) is 0 Å². The Kier molecular flexibility index (Phi) is 9.11. The number of carbonyl (C=O) groups excluding carboxylic acids is 1. The smallest absolute Gasteiger partial charge is 0.407 e. The molecule has 2 atom stereocenters. The number of thiophene rings is 1. The Balaban J connectivity index is 1.77. The van der Waals surface area contributed by atoms with Gasteiger partial charge in [0.2, 0.25) is 0 Å². The standard InChI is InChI=1S/C25H33BrF2N2O3S/c1-24(2,3)33-23(32)30-20(11-16-9-18(27)13-19(28)10-16)21(31)14-29-25(7-5-4-6-8-25)22-12-17(26)15-34-22/h9-10,12-13,15,20-21,29,31H,4-8,11,14H2,1-3H3,(H,30,32). The molecule has 1 heterocycles. The van der Waals surface area contributed by atoms with E-state index in [4.69, 9.17) is 4.74 Å². The number of alkyl carbamates (subject to hydrolysis) is 1. The lowest BCUT2D eigenvalue weighted by molar-refractivity contribution is 0.0408. The van der Waals surface area contributed by atoms with E-state index in [1.165, 1.54) is 23.4 Å². The predicted molar refractivity (Wildman–Crippen MR) is 134 cm³/mol. The second-order valence-corrected chi connectivity index (χ2v) is 11.8. The second kappa shape index (κ2) is 11.5. The fraction of sp³-hybridized carbons (Fsp3) is 0.560. The molecule has 1 saturated carbocycles. The van der Waals surface area contributed by atoms with Crippen LogP contribution in [0.1, 0.15) is 63.3 Å². The van der Waals surface area contributed by atoms with Crippen LogP contribution in [0.15, 0.2) is 34.1 Å². The molecular formula is C25H33BrF2N2O3S. The van der Waals surface area contributed by atoms with Gasteiger partial charge in [-0.2, -0.15) is 0 Å². The summed E-state index contributed by atoms with van der Waals surface area (Å²) in [5, 5.41) is 19.5. The Morgan fingerprint density at radius 1 is 1.18 bits per heavy atom. The molecule has 34 heavy (non-hydrogen) atoms. The van der Waals surface area contributed by atoms with E-state index in [1.54, 1.807) is 32.1 Å². The van der Waals surface area contributed by atoms with Crippen LogP contribution in [0.5, 0.6) is 0 Å². The molecule has 1 aliphatic rings. The summed E-state index contributed by atoms with van der Waals surface area (Å²) in [7, 11) is 0. The predicted octanol–water partition coefficient (Wildman–Crippen LogP) is 6.03. The van der Waals surface area contributed by atoms with Crippen molar-refractivity contribution in [1.82, 2.24) is 10.6 Å². The normalized spacial score (nSPS) is 17.7. The molecule has 1 aromatic heterocycles. The third-order valence-electron chi connectivity index (χ3n) is 5.94. The van der Waals surface area contributed by atoms with Gasteiger partial charge in [0, 0.05) is 27.3 Å². The molecule has 2 unspecified atom stereocenters. The quantitative estimate of drug-likeness (QED) is 0.369. The molecule has 3 N–H and O–H groups in total. The van der Waals surface area contributed by atoms with Crippen LogP contribution in [0.25, 0.3) is 0 Å². The van der Waals surface area contributed by atoms with Gasteiger partial charge in [-0.15, -0.1) is 11.3 Å². The maximum absolute atomic E-state index is 13.8. The maximum Gasteiger partial charge on any atom is 0.407 e. The average molecular weight is 560 g/mol. The van der Waals surface area contributed by atoms with Gasteiger partial charge in [0.25, 0.3) is 0 Å². The van der Waals surface area contributed by atoms with Crippen LogP contribution in [0.2, 0.25) is 0 Å². The maximum atomic E-state index is 13.8. The Bertz CT molecular complexity index is 953. The highest BCUT2D eigenvalue weighted by Crippen LogP contribution is 2.41. The first-order valence-corrected chi connectivity index (χ1v) is 13.3. The minimum Gasteiger partial charge on any atom is -0.444 e. The summed E-state index contributed by atoms with van der Waals surface area (Å²) in [6.45, 7) is 5.43. The summed E-state index contributed by atoms with van der Waals surface area (Å²) in [4.78, 5) is 13.7. The highest BCUT2D eigenvalue weighted by Gasteiger charge is 2.36. The Morgan fingerprint density at radius 2 is 1.82 bits per heavy atom. The summed E-state index contributed by atoms with van der Waals surface area (Å²) in [5.41, 5.74) is -0.633. The van der Waals surface area contributed by atoms with E-state index in [2.05, 4.69) is 38.0 Å². The molecule has 9 heteroatoms. The molecule has 0 saturated heterocycles. The topological polar surface area (TPSA) is 70.6 Å². The molecule has 1 amide bonds. The van der Waals surface area contributed by atoms with Gasteiger partial charge in [0.15, 0.2) is 0 Å². The fourth-order valence-corrected chi connectivity index (χ4v) is 6.06. The summed E-state index contributed by atoms with van der Waals surface area (Å²) >= 11 is 5.21. The molecule has 3 rings (SSSR count). The molecule has 0 radical (unpaired) electrons.